The molecule has 0 saturated carbocycles. The molecular formula is C16H20ClFN2O4S. The first-order chi connectivity index (χ1) is 11.6. The van der Waals surface area contributed by atoms with E-state index in [1.54, 1.807) is 7.05 Å². The Morgan fingerprint density at radius 3 is 2.56 bits per heavy atom. The van der Waals surface area contributed by atoms with Crippen LogP contribution in [0.5, 0.6) is 0 Å². The van der Waals surface area contributed by atoms with Crippen molar-refractivity contribution in [2.75, 3.05) is 30.0 Å². The molecule has 9 heteroatoms. The average molecular weight is 391 g/mol. The van der Waals surface area contributed by atoms with Crippen molar-refractivity contribution in [3.63, 3.8) is 0 Å². The van der Waals surface area contributed by atoms with E-state index in [1.165, 1.54) is 28.9 Å². The molecule has 1 aromatic carbocycles. The molecule has 25 heavy (non-hydrogen) atoms. The van der Waals surface area contributed by atoms with Gasteiger partial charge in [0.05, 0.1) is 16.5 Å². The topological polar surface area (TPSA) is 74.8 Å². The highest BCUT2D eigenvalue weighted by molar-refractivity contribution is 7.91. The number of anilines is 1. The molecule has 6 nitrogen and oxygen atoms in total. The van der Waals surface area contributed by atoms with Crippen LogP contribution < -0.4 is 4.90 Å². The third kappa shape index (κ3) is 4.92. The van der Waals surface area contributed by atoms with Gasteiger partial charge in [0, 0.05) is 38.7 Å². The first kappa shape index (κ1) is 19.7. The quantitative estimate of drug-likeness (QED) is 0.769. The highest BCUT2D eigenvalue weighted by atomic mass is 35.5. The highest BCUT2D eigenvalue weighted by Gasteiger charge is 2.32. The maximum atomic E-state index is 13.3. The fourth-order valence-electron chi connectivity index (χ4n) is 2.79. The minimum Gasteiger partial charge on any atom is -0.342 e. The van der Waals surface area contributed by atoms with Crippen LogP contribution in [0, 0.1) is 5.82 Å². The second-order valence-electron chi connectivity index (χ2n) is 6.08. The highest BCUT2D eigenvalue weighted by Crippen LogP contribution is 2.23. The summed E-state index contributed by atoms with van der Waals surface area (Å²) >= 11 is 5.74. The summed E-state index contributed by atoms with van der Waals surface area (Å²) in [4.78, 5) is 26.9. The molecule has 0 N–H and O–H groups in total. The van der Waals surface area contributed by atoms with Crippen LogP contribution in [0.15, 0.2) is 18.2 Å². The summed E-state index contributed by atoms with van der Waals surface area (Å²) < 4.78 is 36.3. The van der Waals surface area contributed by atoms with Gasteiger partial charge in [0.15, 0.2) is 9.84 Å². The van der Waals surface area contributed by atoms with E-state index < -0.39 is 15.7 Å². The number of carbonyl (C=O) groups excluding carboxylic acids is 2. The zero-order chi connectivity index (χ0) is 18.8. The molecule has 1 fully saturated rings. The number of nitrogens with zero attached hydrogens (tertiary/aromatic N) is 2. The largest absolute Gasteiger partial charge is 0.342 e. The van der Waals surface area contributed by atoms with Crippen LogP contribution in [0.1, 0.15) is 19.8 Å². The van der Waals surface area contributed by atoms with E-state index in [9.17, 15) is 22.4 Å². The van der Waals surface area contributed by atoms with E-state index >= 15 is 0 Å². The molecule has 0 bridgehead atoms. The lowest BCUT2D eigenvalue weighted by Gasteiger charge is -2.26. The van der Waals surface area contributed by atoms with Crippen molar-refractivity contribution in [1.82, 2.24) is 4.90 Å². The number of halogens is 2. The van der Waals surface area contributed by atoms with Crippen LogP contribution in [0.25, 0.3) is 0 Å². The number of amides is 2. The van der Waals surface area contributed by atoms with Gasteiger partial charge < -0.3 is 9.80 Å². The molecule has 1 aliphatic heterocycles. The number of hydrogen-bond donors (Lipinski definition) is 0. The van der Waals surface area contributed by atoms with Crippen molar-refractivity contribution >= 4 is 38.9 Å². The van der Waals surface area contributed by atoms with Crippen molar-refractivity contribution in [2.45, 2.75) is 25.8 Å². The smallest absolute Gasteiger partial charge is 0.224 e. The molecule has 1 heterocycles. The summed E-state index contributed by atoms with van der Waals surface area (Å²) in [5, 5.41) is -0.108. The molecular weight excluding hydrogens is 371 g/mol. The van der Waals surface area contributed by atoms with E-state index in [0.29, 0.717) is 12.1 Å². The first-order valence-electron chi connectivity index (χ1n) is 7.80. The van der Waals surface area contributed by atoms with E-state index in [4.69, 9.17) is 11.6 Å². The standard InChI is InChI=1S/C16H20ClFN2O4S/c1-11(21)20(12-3-4-15(18)14(17)9-12)7-5-16(22)19(2)13-6-8-25(23,24)10-13/h3-4,9,13H,5-8,10H2,1-2H3. The fourth-order valence-corrected chi connectivity index (χ4v) is 4.74. The number of carbonyl (C=O) groups is 2. The van der Waals surface area contributed by atoms with Gasteiger partial charge in [-0.3, -0.25) is 9.59 Å². The van der Waals surface area contributed by atoms with Gasteiger partial charge in [-0.2, -0.15) is 0 Å². The molecule has 1 saturated heterocycles. The van der Waals surface area contributed by atoms with Crippen molar-refractivity contribution in [3.8, 4) is 0 Å². The van der Waals surface area contributed by atoms with Crippen LogP contribution >= 0.6 is 11.6 Å². The molecule has 0 aromatic heterocycles. The lowest BCUT2D eigenvalue weighted by molar-refractivity contribution is -0.131. The van der Waals surface area contributed by atoms with Gasteiger partial charge >= 0.3 is 0 Å². The summed E-state index contributed by atoms with van der Waals surface area (Å²) in [6.45, 7) is 1.44. The lowest BCUT2D eigenvalue weighted by Crippen LogP contribution is -2.40. The number of sulfone groups is 1. The van der Waals surface area contributed by atoms with E-state index in [0.717, 1.165) is 6.07 Å². The van der Waals surface area contributed by atoms with E-state index in [-0.39, 0.29) is 47.4 Å². The number of benzene rings is 1. The van der Waals surface area contributed by atoms with Gasteiger partial charge in [-0.25, -0.2) is 12.8 Å². The zero-order valence-electron chi connectivity index (χ0n) is 14.0. The van der Waals surface area contributed by atoms with E-state index in [1.807, 2.05) is 0 Å². The van der Waals surface area contributed by atoms with Crippen molar-refractivity contribution in [3.05, 3.63) is 29.0 Å². The average Bonchev–Trinajstić information content (AvgIpc) is 2.89. The predicted octanol–water partition coefficient (Wildman–Crippen LogP) is 1.87. The summed E-state index contributed by atoms with van der Waals surface area (Å²) in [5.41, 5.74) is 0.401. The Balaban J connectivity index is 2.02. The zero-order valence-corrected chi connectivity index (χ0v) is 15.6. The Hall–Kier alpha value is -1.67. The van der Waals surface area contributed by atoms with Crippen molar-refractivity contribution < 1.29 is 22.4 Å². The second kappa shape index (κ2) is 7.70. The van der Waals surface area contributed by atoms with Crippen molar-refractivity contribution in [2.24, 2.45) is 0 Å². The molecule has 1 aliphatic rings. The van der Waals surface area contributed by atoms with Gasteiger partial charge in [0.25, 0.3) is 0 Å². The fraction of sp³-hybridized carbons (Fsp3) is 0.500. The summed E-state index contributed by atoms with van der Waals surface area (Å²) in [6.07, 6.45) is 0.455. The monoisotopic (exact) mass is 390 g/mol. The summed E-state index contributed by atoms with van der Waals surface area (Å²) in [7, 11) is -1.51. The van der Waals surface area contributed by atoms with Gasteiger partial charge in [-0.05, 0) is 24.6 Å². The molecule has 1 unspecified atom stereocenters. The third-order valence-electron chi connectivity index (χ3n) is 4.29. The summed E-state index contributed by atoms with van der Waals surface area (Å²) in [5.74, 6) is -1.09. The van der Waals surface area contributed by atoms with Crippen LogP contribution in [0.4, 0.5) is 10.1 Å². The van der Waals surface area contributed by atoms with Crippen LogP contribution in [0.3, 0.4) is 0 Å². The number of rotatable bonds is 5. The third-order valence-corrected chi connectivity index (χ3v) is 6.33. The molecule has 1 atom stereocenters. The first-order valence-corrected chi connectivity index (χ1v) is 10.00. The Bertz CT molecular complexity index is 784. The van der Waals surface area contributed by atoms with Crippen LogP contribution in [-0.4, -0.2) is 56.3 Å². The van der Waals surface area contributed by atoms with Gasteiger partial charge in [-0.15, -0.1) is 0 Å². The van der Waals surface area contributed by atoms with Crippen LogP contribution in [-0.2, 0) is 19.4 Å². The van der Waals surface area contributed by atoms with Gasteiger partial charge in [0.1, 0.15) is 5.82 Å². The predicted molar refractivity (Wildman–Crippen MR) is 93.9 cm³/mol. The number of hydrogen-bond acceptors (Lipinski definition) is 4. The van der Waals surface area contributed by atoms with Crippen LogP contribution in [0.2, 0.25) is 5.02 Å². The molecule has 1 aromatic rings. The maximum absolute atomic E-state index is 13.3. The molecule has 2 amide bonds. The minimum atomic E-state index is -3.08. The van der Waals surface area contributed by atoms with Gasteiger partial charge in [0.2, 0.25) is 11.8 Å². The summed E-state index contributed by atoms with van der Waals surface area (Å²) in [6, 6.07) is 3.57. The van der Waals surface area contributed by atoms with Crippen molar-refractivity contribution in [1.29, 1.82) is 0 Å². The Labute approximate surface area is 151 Å². The normalized spacial score (nSPS) is 18.8. The molecule has 138 valence electrons. The molecule has 0 aliphatic carbocycles. The molecule has 0 spiro atoms. The second-order valence-corrected chi connectivity index (χ2v) is 8.72. The maximum Gasteiger partial charge on any atom is 0.224 e. The Morgan fingerprint density at radius 2 is 2.04 bits per heavy atom. The molecule has 2 rings (SSSR count). The Morgan fingerprint density at radius 1 is 1.36 bits per heavy atom. The SMILES string of the molecule is CC(=O)N(CCC(=O)N(C)C1CCS(=O)(=O)C1)c1ccc(F)c(Cl)c1. The van der Waals surface area contributed by atoms with Gasteiger partial charge in [-0.1, -0.05) is 11.6 Å². The van der Waals surface area contributed by atoms with E-state index in [2.05, 4.69) is 0 Å². The minimum absolute atomic E-state index is 0.0285. The lowest BCUT2D eigenvalue weighted by atomic mass is 10.2. The molecule has 0 radical (unpaired) electrons. The Kier molecular flexibility index (Phi) is 6.05.